The Morgan fingerprint density at radius 1 is 1.43 bits per heavy atom. The van der Waals surface area contributed by atoms with Gasteiger partial charge in [0.2, 0.25) is 9.84 Å². The van der Waals surface area contributed by atoms with Crippen molar-refractivity contribution >= 4 is 15.9 Å². The number of sulfone groups is 1. The summed E-state index contributed by atoms with van der Waals surface area (Å²) in [6.07, 6.45) is 5.00. The van der Waals surface area contributed by atoms with Crippen molar-refractivity contribution in [1.82, 2.24) is 0 Å². The summed E-state index contributed by atoms with van der Waals surface area (Å²) in [5.74, 6) is 0.302. The highest BCUT2D eigenvalue weighted by Gasteiger charge is 2.73. The molecule has 1 aliphatic rings. The molecule has 0 saturated heterocycles. The topological polar surface area (TPSA) is 86.5 Å². The van der Waals surface area contributed by atoms with Crippen LogP contribution in [0.3, 0.4) is 0 Å². The Labute approximate surface area is 123 Å². The second kappa shape index (κ2) is 5.48. The molecule has 0 spiro atoms. The number of nitro groups is 1. The third kappa shape index (κ3) is 2.92. The van der Waals surface area contributed by atoms with E-state index in [1.54, 1.807) is 13.2 Å². The van der Waals surface area contributed by atoms with Crippen molar-refractivity contribution in [3.8, 4) is 5.75 Å². The van der Waals surface area contributed by atoms with Gasteiger partial charge in [-0.05, 0) is 24.1 Å². The number of allylic oxidation sites excluding steroid dienone is 1. The molecule has 1 saturated carbocycles. The number of hydrogen-bond acceptors (Lipinski definition) is 5. The first kappa shape index (κ1) is 15.5. The van der Waals surface area contributed by atoms with Crippen LogP contribution in [0.15, 0.2) is 30.3 Å². The van der Waals surface area contributed by atoms with Crippen LogP contribution < -0.4 is 4.74 Å². The van der Waals surface area contributed by atoms with Gasteiger partial charge in [-0.1, -0.05) is 24.3 Å². The molecule has 0 aromatic heterocycles. The Morgan fingerprint density at radius 3 is 2.48 bits per heavy atom. The first-order chi connectivity index (χ1) is 9.81. The molecule has 2 rings (SSSR count). The highest BCUT2D eigenvalue weighted by atomic mass is 32.2. The van der Waals surface area contributed by atoms with Crippen LogP contribution in [0.25, 0.3) is 6.08 Å². The molecule has 1 aliphatic carbocycles. The lowest BCUT2D eigenvalue weighted by molar-refractivity contribution is -0.515. The van der Waals surface area contributed by atoms with Gasteiger partial charge in [0.05, 0.1) is 13.0 Å². The largest absolute Gasteiger partial charge is 0.497 e. The quantitative estimate of drug-likeness (QED) is 0.593. The molecule has 0 aliphatic heterocycles. The molecule has 21 heavy (non-hydrogen) atoms. The molecule has 114 valence electrons. The van der Waals surface area contributed by atoms with Crippen LogP contribution in [0, 0.1) is 16.0 Å². The van der Waals surface area contributed by atoms with Crippen molar-refractivity contribution < 1.29 is 18.1 Å². The van der Waals surface area contributed by atoms with Gasteiger partial charge < -0.3 is 4.74 Å². The van der Waals surface area contributed by atoms with Crippen LogP contribution >= 0.6 is 0 Å². The van der Waals surface area contributed by atoms with Crippen molar-refractivity contribution in [2.45, 2.75) is 17.7 Å². The highest BCUT2D eigenvalue weighted by molar-refractivity contribution is 7.92. The summed E-state index contributed by atoms with van der Waals surface area (Å²) in [5.41, 5.74) is 0.933. The number of nitrogens with zero attached hydrogens (tertiary/aromatic N) is 1. The molecule has 1 aromatic rings. The monoisotopic (exact) mass is 311 g/mol. The van der Waals surface area contributed by atoms with Gasteiger partial charge >= 0.3 is 4.87 Å². The predicted molar refractivity (Wildman–Crippen MR) is 79.3 cm³/mol. The maximum atomic E-state index is 11.6. The summed E-state index contributed by atoms with van der Waals surface area (Å²) in [6, 6.07) is 7.35. The Morgan fingerprint density at radius 2 is 2.05 bits per heavy atom. The van der Waals surface area contributed by atoms with Gasteiger partial charge in [0.1, 0.15) is 5.75 Å². The van der Waals surface area contributed by atoms with Crippen molar-refractivity contribution in [1.29, 1.82) is 0 Å². The molecule has 2 atom stereocenters. The van der Waals surface area contributed by atoms with E-state index >= 15 is 0 Å². The molecule has 0 unspecified atom stereocenters. The number of benzene rings is 1. The zero-order valence-corrected chi connectivity index (χ0v) is 12.7. The van der Waals surface area contributed by atoms with Gasteiger partial charge in [-0.3, -0.25) is 10.1 Å². The van der Waals surface area contributed by atoms with Crippen molar-refractivity contribution in [3.63, 3.8) is 0 Å². The third-order valence-electron chi connectivity index (χ3n) is 3.81. The molecule has 7 heteroatoms. The maximum Gasteiger partial charge on any atom is 0.322 e. The first-order valence-electron chi connectivity index (χ1n) is 6.46. The fourth-order valence-electron chi connectivity index (χ4n) is 2.46. The molecule has 0 radical (unpaired) electrons. The van der Waals surface area contributed by atoms with Crippen LogP contribution in [0.5, 0.6) is 5.75 Å². The van der Waals surface area contributed by atoms with Crippen LogP contribution in [0.4, 0.5) is 0 Å². The second-order valence-electron chi connectivity index (χ2n) is 5.19. The fraction of sp³-hybridized carbons (Fsp3) is 0.429. The minimum atomic E-state index is -3.69. The predicted octanol–water partition coefficient (Wildman–Crippen LogP) is 2.14. The van der Waals surface area contributed by atoms with E-state index < -0.39 is 25.5 Å². The van der Waals surface area contributed by atoms with Crippen molar-refractivity contribution in [2.24, 2.45) is 5.92 Å². The number of ether oxygens (including phenoxy) is 1. The summed E-state index contributed by atoms with van der Waals surface area (Å²) in [4.78, 5) is 8.59. The lowest BCUT2D eigenvalue weighted by atomic mass is 10.1. The van der Waals surface area contributed by atoms with Gasteiger partial charge in [-0.15, -0.1) is 0 Å². The van der Waals surface area contributed by atoms with Gasteiger partial charge in [0, 0.05) is 17.6 Å². The molecule has 1 aromatic carbocycles. The summed E-state index contributed by atoms with van der Waals surface area (Å²) in [6.45, 7) is 0. The summed E-state index contributed by atoms with van der Waals surface area (Å²) in [7, 11) is -2.11. The van der Waals surface area contributed by atoms with E-state index in [0.717, 1.165) is 17.6 Å². The summed E-state index contributed by atoms with van der Waals surface area (Å²) < 4.78 is 28.2. The normalized spacial score (nSPS) is 25.0. The number of hydrogen-bond donors (Lipinski definition) is 0. The molecular formula is C14H17NO5S. The molecular weight excluding hydrogens is 294 g/mol. The maximum absolute atomic E-state index is 11.6. The first-order valence-corrected chi connectivity index (χ1v) is 8.35. The lowest BCUT2D eigenvalue weighted by Crippen LogP contribution is -2.33. The van der Waals surface area contributed by atoms with E-state index in [1.165, 1.54) is 0 Å². The molecule has 0 N–H and O–H groups in total. The van der Waals surface area contributed by atoms with Crippen LogP contribution in [-0.2, 0) is 9.84 Å². The molecule has 0 heterocycles. The van der Waals surface area contributed by atoms with E-state index in [9.17, 15) is 18.5 Å². The highest BCUT2D eigenvalue weighted by Crippen LogP contribution is 2.52. The van der Waals surface area contributed by atoms with E-state index in [0.29, 0.717) is 6.42 Å². The minimum absolute atomic E-state index is 0.0891. The lowest BCUT2D eigenvalue weighted by Gasteiger charge is -2.05. The summed E-state index contributed by atoms with van der Waals surface area (Å²) >= 11 is 0. The van der Waals surface area contributed by atoms with E-state index in [1.807, 2.05) is 30.3 Å². The van der Waals surface area contributed by atoms with Crippen LogP contribution in [-0.4, -0.2) is 31.6 Å². The minimum Gasteiger partial charge on any atom is -0.497 e. The van der Waals surface area contributed by atoms with E-state index in [4.69, 9.17) is 4.74 Å². The Bertz CT molecular complexity index is 665. The van der Waals surface area contributed by atoms with Gasteiger partial charge in [0.15, 0.2) is 0 Å². The molecule has 6 nitrogen and oxygen atoms in total. The number of rotatable bonds is 6. The second-order valence-corrected chi connectivity index (χ2v) is 7.44. The molecule has 1 fully saturated rings. The Balaban J connectivity index is 2.01. The van der Waals surface area contributed by atoms with E-state index in [-0.39, 0.29) is 6.42 Å². The average molecular weight is 311 g/mol. The van der Waals surface area contributed by atoms with Crippen LogP contribution in [0.1, 0.15) is 18.4 Å². The smallest absolute Gasteiger partial charge is 0.322 e. The standard InChI is InChI=1S/C14H17NO5S/c1-20-13-8-6-11(7-9-13)4-3-5-12-10-14(12,15(16)17)21(2,18)19/h3-4,6-9,12H,5,10H2,1-2H3/b4-3+/t12-,14+/m0/s1. The summed E-state index contributed by atoms with van der Waals surface area (Å²) in [5, 5.41) is 11.0. The Kier molecular flexibility index (Phi) is 4.04. The van der Waals surface area contributed by atoms with Crippen LogP contribution in [0.2, 0.25) is 0 Å². The third-order valence-corrected chi connectivity index (χ3v) is 5.75. The van der Waals surface area contributed by atoms with Gasteiger partial charge in [0.25, 0.3) is 0 Å². The van der Waals surface area contributed by atoms with E-state index in [2.05, 4.69) is 0 Å². The zero-order chi connectivity index (χ0) is 15.7. The average Bonchev–Trinajstić information content (AvgIpc) is 3.15. The van der Waals surface area contributed by atoms with Gasteiger partial charge in [-0.25, -0.2) is 8.42 Å². The SMILES string of the molecule is COc1ccc(/C=C/C[C@H]2C[C@@]2([N+](=O)[O-])S(C)(=O)=O)cc1. The van der Waals surface area contributed by atoms with Crippen molar-refractivity contribution in [3.05, 3.63) is 46.0 Å². The van der Waals surface area contributed by atoms with Crippen molar-refractivity contribution in [2.75, 3.05) is 13.4 Å². The Hall–Kier alpha value is -1.89. The fourth-order valence-corrected chi connectivity index (χ4v) is 3.93. The van der Waals surface area contributed by atoms with Gasteiger partial charge in [-0.2, -0.15) is 0 Å². The zero-order valence-electron chi connectivity index (χ0n) is 11.9. The number of methoxy groups -OCH3 is 1. The molecule has 0 bridgehead atoms. The molecule has 0 amide bonds.